The van der Waals surface area contributed by atoms with Gasteiger partial charge in [-0.05, 0) is 76.1 Å². The minimum Gasteiger partial charge on any atom is -0.497 e. The summed E-state index contributed by atoms with van der Waals surface area (Å²) in [6.45, 7) is 0. The maximum absolute atomic E-state index is 12.9. The Balaban J connectivity index is 1.47. The van der Waals surface area contributed by atoms with Crippen molar-refractivity contribution in [3.8, 4) is 11.5 Å². The number of para-hydroxylation sites is 2. The fourth-order valence-corrected chi connectivity index (χ4v) is 5.87. The SMILES string of the molecule is COc1ccc(S(=O)(=O)Oc2ccc(C=c3sc4nc5ccccc5n4c3=O)cc2Br)cc1. The van der Waals surface area contributed by atoms with Gasteiger partial charge in [0.25, 0.3) is 5.56 Å². The van der Waals surface area contributed by atoms with E-state index in [0.29, 0.717) is 25.3 Å². The van der Waals surface area contributed by atoms with E-state index in [9.17, 15) is 13.2 Å². The normalized spacial score (nSPS) is 12.5. The molecule has 0 amide bonds. The lowest BCUT2D eigenvalue weighted by molar-refractivity contribution is 0.414. The van der Waals surface area contributed by atoms with Crippen LogP contribution in [0.4, 0.5) is 0 Å². The van der Waals surface area contributed by atoms with Gasteiger partial charge < -0.3 is 8.92 Å². The molecule has 0 unspecified atom stereocenters. The Morgan fingerprint density at radius 2 is 1.82 bits per heavy atom. The average Bonchev–Trinajstić information content (AvgIpc) is 3.31. The quantitative estimate of drug-likeness (QED) is 0.312. The van der Waals surface area contributed by atoms with E-state index in [1.54, 1.807) is 34.7 Å². The van der Waals surface area contributed by atoms with E-state index >= 15 is 0 Å². The molecule has 0 spiro atoms. The number of halogens is 1. The number of rotatable bonds is 5. The molecule has 0 atom stereocenters. The van der Waals surface area contributed by atoms with Crippen molar-refractivity contribution in [2.75, 3.05) is 7.11 Å². The van der Waals surface area contributed by atoms with Crippen LogP contribution in [0, 0.1) is 0 Å². The molecule has 3 aromatic carbocycles. The highest BCUT2D eigenvalue weighted by Gasteiger charge is 2.18. The van der Waals surface area contributed by atoms with E-state index in [-0.39, 0.29) is 16.2 Å². The first-order chi connectivity index (χ1) is 15.9. The van der Waals surface area contributed by atoms with Crippen LogP contribution in [0.15, 0.2) is 80.9 Å². The second-order valence-corrected chi connectivity index (χ2v) is 10.4. The van der Waals surface area contributed by atoms with Crippen molar-refractivity contribution in [2.45, 2.75) is 4.90 Å². The highest BCUT2D eigenvalue weighted by Crippen LogP contribution is 2.29. The Morgan fingerprint density at radius 3 is 2.55 bits per heavy atom. The predicted octanol–water partition coefficient (Wildman–Crippen LogP) is 4.00. The summed E-state index contributed by atoms with van der Waals surface area (Å²) in [4.78, 5) is 18.1. The van der Waals surface area contributed by atoms with Gasteiger partial charge in [-0.2, -0.15) is 8.42 Å². The smallest absolute Gasteiger partial charge is 0.339 e. The molecule has 166 valence electrons. The van der Waals surface area contributed by atoms with Crippen molar-refractivity contribution in [1.29, 1.82) is 0 Å². The van der Waals surface area contributed by atoms with Crippen molar-refractivity contribution in [2.24, 2.45) is 0 Å². The molecular weight excluding hydrogens is 528 g/mol. The van der Waals surface area contributed by atoms with Crippen LogP contribution in [0.25, 0.3) is 22.1 Å². The Bertz CT molecular complexity index is 1720. The van der Waals surface area contributed by atoms with Crippen LogP contribution >= 0.6 is 27.3 Å². The second-order valence-electron chi connectivity index (χ2n) is 7.04. The minimum absolute atomic E-state index is 0.0102. The molecule has 0 aliphatic carbocycles. The van der Waals surface area contributed by atoms with E-state index in [1.165, 1.54) is 36.6 Å². The second kappa shape index (κ2) is 8.29. The summed E-state index contributed by atoms with van der Waals surface area (Å²) in [5.41, 5.74) is 2.10. The van der Waals surface area contributed by atoms with Crippen LogP contribution in [0.2, 0.25) is 0 Å². The number of hydrogen-bond donors (Lipinski definition) is 0. The number of methoxy groups -OCH3 is 1. The maximum Gasteiger partial charge on any atom is 0.339 e. The zero-order valence-corrected chi connectivity index (χ0v) is 20.3. The van der Waals surface area contributed by atoms with Crippen LogP contribution in [0.5, 0.6) is 11.5 Å². The summed E-state index contributed by atoms with van der Waals surface area (Å²) < 4.78 is 38.1. The van der Waals surface area contributed by atoms with Crippen molar-refractivity contribution in [1.82, 2.24) is 9.38 Å². The molecule has 0 N–H and O–H groups in total. The van der Waals surface area contributed by atoms with Gasteiger partial charge in [0.1, 0.15) is 10.6 Å². The molecular formula is C23H15BrN2O5S2. The Hall–Kier alpha value is -3.21. The van der Waals surface area contributed by atoms with Crippen molar-refractivity contribution in [3.05, 3.63) is 91.7 Å². The van der Waals surface area contributed by atoms with Gasteiger partial charge in [0.15, 0.2) is 10.7 Å². The molecule has 10 heteroatoms. The van der Waals surface area contributed by atoms with Gasteiger partial charge in [-0.1, -0.05) is 29.5 Å². The number of imidazole rings is 1. The molecule has 33 heavy (non-hydrogen) atoms. The van der Waals surface area contributed by atoms with Gasteiger partial charge in [-0.15, -0.1) is 0 Å². The zero-order chi connectivity index (χ0) is 23.2. The molecule has 7 nitrogen and oxygen atoms in total. The van der Waals surface area contributed by atoms with E-state index in [4.69, 9.17) is 8.92 Å². The molecule has 0 aliphatic rings. The molecule has 2 aromatic heterocycles. The highest BCUT2D eigenvalue weighted by atomic mass is 79.9. The van der Waals surface area contributed by atoms with Crippen molar-refractivity contribution in [3.63, 3.8) is 0 Å². The first-order valence-corrected chi connectivity index (χ1v) is 12.7. The van der Waals surface area contributed by atoms with Crippen LogP contribution in [-0.4, -0.2) is 24.9 Å². The monoisotopic (exact) mass is 542 g/mol. The van der Waals surface area contributed by atoms with Crippen molar-refractivity contribution >= 4 is 59.5 Å². The minimum atomic E-state index is -4.03. The van der Waals surface area contributed by atoms with Crippen LogP contribution in [-0.2, 0) is 10.1 Å². The van der Waals surface area contributed by atoms with Crippen LogP contribution in [0.3, 0.4) is 0 Å². The summed E-state index contributed by atoms with van der Waals surface area (Å²) in [5.74, 6) is 0.680. The Labute approximate surface area is 200 Å². The number of nitrogens with zero attached hydrogens (tertiary/aromatic N) is 2. The topological polar surface area (TPSA) is 87.0 Å². The highest BCUT2D eigenvalue weighted by molar-refractivity contribution is 9.10. The molecule has 0 fully saturated rings. The predicted molar refractivity (Wildman–Crippen MR) is 131 cm³/mol. The lowest BCUT2D eigenvalue weighted by atomic mass is 10.2. The Morgan fingerprint density at radius 1 is 1.06 bits per heavy atom. The first-order valence-electron chi connectivity index (χ1n) is 9.65. The third-order valence-corrected chi connectivity index (χ3v) is 7.78. The average molecular weight is 543 g/mol. The van der Waals surface area contributed by atoms with Crippen LogP contribution in [0.1, 0.15) is 5.56 Å². The summed E-state index contributed by atoms with van der Waals surface area (Å²) in [7, 11) is -2.52. The van der Waals surface area contributed by atoms with E-state index in [0.717, 1.165) is 11.0 Å². The van der Waals surface area contributed by atoms with E-state index in [1.807, 2.05) is 24.3 Å². The molecule has 0 radical (unpaired) electrons. The lowest BCUT2D eigenvalue weighted by Crippen LogP contribution is -2.22. The Kier molecular flexibility index (Phi) is 5.43. The van der Waals surface area contributed by atoms with E-state index < -0.39 is 10.1 Å². The van der Waals surface area contributed by atoms with Gasteiger partial charge in [0, 0.05) is 0 Å². The van der Waals surface area contributed by atoms with Crippen LogP contribution < -0.4 is 19.0 Å². The third kappa shape index (κ3) is 4.01. The molecule has 5 rings (SSSR count). The number of aromatic nitrogens is 2. The summed E-state index contributed by atoms with van der Waals surface area (Å²) in [5, 5.41) is 0. The van der Waals surface area contributed by atoms with Gasteiger partial charge in [-0.3, -0.25) is 4.79 Å². The first kappa shape index (κ1) is 21.6. The van der Waals surface area contributed by atoms with Gasteiger partial charge in [-0.25, -0.2) is 9.38 Å². The number of fused-ring (bicyclic) bond motifs is 3. The summed E-state index contributed by atoms with van der Waals surface area (Å²) in [6, 6.07) is 18.3. The molecule has 2 heterocycles. The maximum atomic E-state index is 12.9. The third-order valence-electron chi connectivity index (χ3n) is 4.95. The molecule has 0 saturated carbocycles. The number of thiazole rings is 1. The molecule has 5 aromatic rings. The standard InChI is InChI=1S/C23H15BrN2O5S2/c1-30-15-7-9-16(10-8-15)33(28,29)31-20-11-6-14(12-17(20)24)13-21-22(27)26-19-5-3-2-4-18(19)25-23(26)32-21/h2-13H,1H3. The van der Waals surface area contributed by atoms with Crippen molar-refractivity contribution < 1.29 is 17.3 Å². The van der Waals surface area contributed by atoms with Gasteiger partial charge in [0.2, 0.25) is 0 Å². The van der Waals surface area contributed by atoms with Gasteiger partial charge >= 0.3 is 10.1 Å². The fourth-order valence-electron chi connectivity index (χ4n) is 3.35. The summed E-state index contributed by atoms with van der Waals surface area (Å²) >= 11 is 4.66. The van der Waals surface area contributed by atoms with E-state index in [2.05, 4.69) is 20.9 Å². The largest absolute Gasteiger partial charge is 0.497 e. The zero-order valence-electron chi connectivity index (χ0n) is 17.1. The fraction of sp³-hybridized carbons (Fsp3) is 0.0435. The molecule has 0 bridgehead atoms. The number of hydrogen-bond acceptors (Lipinski definition) is 7. The van der Waals surface area contributed by atoms with Gasteiger partial charge in [0.05, 0.1) is 27.1 Å². The molecule has 0 saturated heterocycles. The number of benzene rings is 3. The number of ether oxygens (including phenoxy) is 1. The lowest BCUT2D eigenvalue weighted by Gasteiger charge is -2.09. The molecule has 0 aliphatic heterocycles. The summed E-state index contributed by atoms with van der Waals surface area (Å²) in [6.07, 6.45) is 1.74.